The van der Waals surface area contributed by atoms with Crippen LogP contribution in [0.3, 0.4) is 0 Å². The zero-order chi connectivity index (χ0) is 15.2. The molecule has 0 unspecified atom stereocenters. The molecule has 1 heterocycles. The summed E-state index contributed by atoms with van der Waals surface area (Å²) in [6, 6.07) is 8.89. The second kappa shape index (κ2) is 6.90. The molecule has 21 heavy (non-hydrogen) atoms. The van der Waals surface area contributed by atoms with Crippen LogP contribution in [0.15, 0.2) is 30.3 Å². The molecule has 0 saturated heterocycles. The van der Waals surface area contributed by atoms with Gasteiger partial charge in [-0.2, -0.15) is 5.10 Å². The highest BCUT2D eigenvalue weighted by Crippen LogP contribution is 2.17. The Labute approximate surface area is 123 Å². The lowest BCUT2D eigenvalue weighted by molar-refractivity contribution is 0.102. The predicted octanol–water partition coefficient (Wildman–Crippen LogP) is 2.12. The van der Waals surface area contributed by atoms with E-state index in [-0.39, 0.29) is 5.91 Å². The third-order valence-corrected chi connectivity index (χ3v) is 2.95. The van der Waals surface area contributed by atoms with Crippen LogP contribution in [0.1, 0.15) is 35.9 Å². The molecule has 112 valence electrons. The van der Waals surface area contributed by atoms with E-state index in [0.29, 0.717) is 30.5 Å². The first kappa shape index (κ1) is 15.1. The molecule has 0 spiro atoms. The first-order valence-electron chi connectivity index (χ1n) is 6.89. The zero-order valence-electron chi connectivity index (χ0n) is 12.2. The molecule has 2 rings (SSSR count). The molecule has 1 aromatic carbocycles. The summed E-state index contributed by atoms with van der Waals surface area (Å²) in [5.74, 6) is 0.784. The van der Waals surface area contributed by atoms with Gasteiger partial charge in [-0.1, -0.05) is 13.8 Å². The quantitative estimate of drug-likeness (QED) is 0.759. The maximum Gasteiger partial charge on any atom is 0.276 e. The first-order valence-corrected chi connectivity index (χ1v) is 6.89. The maximum atomic E-state index is 12.1. The smallest absolute Gasteiger partial charge is 0.276 e. The van der Waals surface area contributed by atoms with Crippen LogP contribution in [0.5, 0.6) is 5.75 Å². The van der Waals surface area contributed by atoms with Crippen LogP contribution in [0.4, 0.5) is 5.69 Å². The van der Waals surface area contributed by atoms with Crippen LogP contribution >= 0.6 is 0 Å². The van der Waals surface area contributed by atoms with Crippen molar-refractivity contribution in [1.29, 1.82) is 0 Å². The summed E-state index contributed by atoms with van der Waals surface area (Å²) in [5, 5.41) is 9.67. The molecule has 0 aliphatic carbocycles. The molecule has 6 heteroatoms. The molecule has 0 radical (unpaired) electrons. The van der Waals surface area contributed by atoms with Crippen molar-refractivity contribution >= 4 is 11.6 Å². The van der Waals surface area contributed by atoms with E-state index < -0.39 is 0 Å². The van der Waals surface area contributed by atoms with Crippen molar-refractivity contribution in [1.82, 2.24) is 10.2 Å². The lowest BCUT2D eigenvalue weighted by Gasteiger charge is -2.06. The Balaban J connectivity index is 1.98. The molecule has 6 nitrogen and oxygen atoms in total. The SMILES string of the molecule is CC(C)c1cc(C(=O)Nc2ccc(OCCN)cc2)n[nH]1. The van der Waals surface area contributed by atoms with Gasteiger partial charge in [-0.05, 0) is 36.2 Å². The fourth-order valence-corrected chi connectivity index (χ4v) is 1.76. The Morgan fingerprint density at radius 2 is 2.10 bits per heavy atom. The van der Waals surface area contributed by atoms with Crippen molar-refractivity contribution in [3.8, 4) is 5.75 Å². The number of rotatable bonds is 6. The molecular weight excluding hydrogens is 268 g/mol. The number of nitrogens with zero attached hydrogens (tertiary/aromatic N) is 1. The highest BCUT2D eigenvalue weighted by Gasteiger charge is 2.12. The van der Waals surface area contributed by atoms with E-state index >= 15 is 0 Å². The molecule has 1 aromatic heterocycles. The van der Waals surface area contributed by atoms with Crippen LogP contribution in [0.2, 0.25) is 0 Å². The fraction of sp³-hybridized carbons (Fsp3) is 0.333. The second-order valence-electron chi connectivity index (χ2n) is 4.98. The number of nitrogens with two attached hydrogens (primary N) is 1. The molecule has 2 aromatic rings. The van der Waals surface area contributed by atoms with Crippen molar-refractivity contribution in [2.45, 2.75) is 19.8 Å². The average molecular weight is 288 g/mol. The van der Waals surface area contributed by atoms with Gasteiger partial charge >= 0.3 is 0 Å². The van der Waals surface area contributed by atoms with Gasteiger partial charge < -0.3 is 15.8 Å². The van der Waals surface area contributed by atoms with Crippen molar-refractivity contribution < 1.29 is 9.53 Å². The summed E-state index contributed by atoms with van der Waals surface area (Å²) in [4.78, 5) is 12.1. The van der Waals surface area contributed by atoms with Gasteiger partial charge in [0.15, 0.2) is 5.69 Å². The predicted molar refractivity (Wildman–Crippen MR) is 81.6 cm³/mol. The highest BCUT2D eigenvalue weighted by atomic mass is 16.5. The topological polar surface area (TPSA) is 93.0 Å². The minimum Gasteiger partial charge on any atom is -0.492 e. The van der Waals surface area contributed by atoms with Gasteiger partial charge in [-0.25, -0.2) is 0 Å². The lowest BCUT2D eigenvalue weighted by Crippen LogP contribution is -2.12. The number of anilines is 1. The number of ether oxygens (including phenoxy) is 1. The third-order valence-electron chi connectivity index (χ3n) is 2.95. The molecule has 0 atom stereocenters. The van der Waals surface area contributed by atoms with Crippen LogP contribution in [0, 0.1) is 0 Å². The standard InChI is InChI=1S/C15H20N4O2/c1-10(2)13-9-14(19-18-13)15(20)17-11-3-5-12(6-4-11)21-8-7-16/h3-6,9-10H,7-8,16H2,1-2H3,(H,17,20)(H,18,19). The Hall–Kier alpha value is -2.34. The minimum atomic E-state index is -0.242. The average Bonchev–Trinajstić information content (AvgIpc) is 2.97. The normalized spacial score (nSPS) is 10.7. The Morgan fingerprint density at radius 1 is 1.38 bits per heavy atom. The van der Waals surface area contributed by atoms with Crippen molar-refractivity contribution in [2.75, 3.05) is 18.5 Å². The summed E-state index contributed by atoms with van der Waals surface area (Å²) in [5.41, 5.74) is 7.37. The van der Waals surface area contributed by atoms with E-state index in [9.17, 15) is 4.79 Å². The number of H-pyrrole nitrogens is 1. The van der Waals surface area contributed by atoms with E-state index in [0.717, 1.165) is 11.4 Å². The number of carbonyl (C=O) groups is 1. The van der Waals surface area contributed by atoms with Crippen LogP contribution < -0.4 is 15.8 Å². The molecule has 0 saturated carbocycles. The van der Waals surface area contributed by atoms with Crippen LogP contribution in [-0.2, 0) is 0 Å². The third kappa shape index (κ3) is 4.06. The monoisotopic (exact) mass is 288 g/mol. The first-order chi connectivity index (χ1) is 10.1. The van der Waals surface area contributed by atoms with Gasteiger partial charge in [0, 0.05) is 17.9 Å². The van der Waals surface area contributed by atoms with Crippen molar-refractivity contribution in [3.63, 3.8) is 0 Å². The molecule has 0 fully saturated rings. The van der Waals surface area contributed by atoms with Gasteiger partial charge in [0.2, 0.25) is 0 Å². The molecular formula is C15H20N4O2. The van der Waals surface area contributed by atoms with Crippen LogP contribution in [-0.4, -0.2) is 29.3 Å². The number of benzene rings is 1. The summed E-state index contributed by atoms with van der Waals surface area (Å²) < 4.78 is 5.37. The number of amides is 1. The second-order valence-corrected chi connectivity index (χ2v) is 4.98. The largest absolute Gasteiger partial charge is 0.492 e. The summed E-state index contributed by atoms with van der Waals surface area (Å²) in [7, 11) is 0. The number of hydrogen-bond acceptors (Lipinski definition) is 4. The maximum absolute atomic E-state index is 12.1. The van der Waals surface area contributed by atoms with Gasteiger partial charge in [0.05, 0.1) is 0 Å². The van der Waals surface area contributed by atoms with E-state index in [1.165, 1.54) is 0 Å². The number of aromatic amines is 1. The summed E-state index contributed by atoms with van der Waals surface area (Å²) in [6.07, 6.45) is 0. The molecule has 0 aliphatic heterocycles. The van der Waals surface area contributed by atoms with Gasteiger partial charge in [0.1, 0.15) is 12.4 Å². The van der Waals surface area contributed by atoms with E-state index in [1.54, 1.807) is 30.3 Å². The zero-order valence-corrected chi connectivity index (χ0v) is 12.2. The Morgan fingerprint density at radius 3 is 2.67 bits per heavy atom. The molecule has 0 aliphatic rings. The van der Waals surface area contributed by atoms with Crippen molar-refractivity contribution in [3.05, 3.63) is 41.7 Å². The lowest BCUT2D eigenvalue weighted by atomic mass is 10.1. The van der Waals surface area contributed by atoms with Crippen LogP contribution in [0.25, 0.3) is 0 Å². The van der Waals surface area contributed by atoms with E-state index in [4.69, 9.17) is 10.5 Å². The van der Waals surface area contributed by atoms with Gasteiger partial charge in [0.25, 0.3) is 5.91 Å². The number of hydrogen-bond donors (Lipinski definition) is 3. The molecule has 0 bridgehead atoms. The van der Waals surface area contributed by atoms with E-state index in [2.05, 4.69) is 15.5 Å². The van der Waals surface area contributed by atoms with Gasteiger partial charge in [-0.3, -0.25) is 9.89 Å². The Bertz CT molecular complexity index is 590. The van der Waals surface area contributed by atoms with Gasteiger partial charge in [-0.15, -0.1) is 0 Å². The minimum absolute atomic E-state index is 0.242. The number of nitrogens with one attached hydrogen (secondary N) is 2. The fourth-order valence-electron chi connectivity index (χ4n) is 1.76. The number of aromatic nitrogens is 2. The van der Waals surface area contributed by atoms with E-state index in [1.807, 2.05) is 13.8 Å². The Kier molecular flexibility index (Phi) is 4.94. The summed E-state index contributed by atoms with van der Waals surface area (Å²) in [6.45, 7) is 5.01. The summed E-state index contributed by atoms with van der Waals surface area (Å²) >= 11 is 0. The highest BCUT2D eigenvalue weighted by molar-refractivity contribution is 6.02. The molecule has 4 N–H and O–H groups in total. The van der Waals surface area contributed by atoms with Crippen molar-refractivity contribution in [2.24, 2.45) is 5.73 Å². The number of carbonyl (C=O) groups excluding carboxylic acids is 1. The molecule has 1 amide bonds.